The number of aromatic nitrogens is 5. The molecular formula is C24H23N7O4. The van der Waals surface area contributed by atoms with Gasteiger partial charge in [-0.3, -0.25) is 4.79 Å². The summed E-state index contributed by atoms with van der Waals surface area (Å²) in [6.07, 6.45) is 1.49. The Kier molecular flexibility index (Phi) is 5.96. The second kappa shape index (κ2) is 9.37. The number of ether oxygens (including phenoxy) is 2. The lowest BCUT2D eigenvalue weighted by molar-refractivity contribution is 0.0589. The van der Waals surface area contributed by atoms with Gasteiger partial charge in [0.1, 0.15) is 12.1 Å². The molecule has 5 rings (SSSR count). The molecule has 1 fully saturated rings. The third-order valence-corrected chi connectivity index (χ3v) is 5.96. The molecule has 11 nitrogen and oxygen atoms in total. The molecule has 11 heteroatoms. The average Bonchev–Trinajstić information content (AvgIpc) is 3.37. The average molecular weight is 473 g/mol. The van der Waals surface area contributed by atoms with Gasteiger partial charge in [0, 0.05) is 26.2 Å². The van der Waals surface area contributed by atoms with Crippen molar-refractivity contribution in [3.05, 3.63) is 66.0 Å². The number of fused-ring (bicyclic) bond motifs is 1. The molecule has 0 saturated carbocycles. The number of amides is 1. The SMILES string of the molecule is COC(=O)c1ccccc1C(=O)N1CCN(c2ncnc3c2nnn3-c2ccc(OC)cc2)CC1. The van der Waals surface area contributed by atoms with E-state index in [0.717, 1.165) is 11.4 Å². The fourth-order valence-electron chi connectivity index (χ4n) is 4.11. The van der Waals surface area contributed by atoms with Crippen LogP contribution in [0.3, 0.4) is 0 Å². The van der Waals surface area contributed by atoms with Crippen molar-refractivity contribution in [2.24, 2.45) is 0 Å². The highest BCUT2D eigenvalue weighted by Crippen LogP contribution is 2.25. The number of hydrogen-bond donors (Lipinski definition) is 0. The minimum atomic E-state index is -0.532. The van der Waals surface area contributed by atoms with E-state index in [1.807, 2.05) is 24.3 Å². The molecule has 1 aliphatic heterocycles. The van der Waals surface area contributed by atoms with E-state index < -0.39 is 5.97 Å². The first kappa shape index (κ1) is 22.3. The molecular weight excluding hydrogens is 450 g/mol. The Balaban J connectivity index is 1.35. The Hall–Kier alpha value is -4.54. The Morgan fingerprint density at radius 1 is 0.886 bits per heavy atom. The highest BCUT2D eigenvalue weighted by atomic mass is 16.5. The highest BCUT2D eigenvalue weighted by Gasteiger charge is 2.27. The van der Waals surface area contributed by atoms with Gasteiger partial charge in [0.05, 0.1) is 31.0 Å². The van der Waals surface area contributed by atoms with E-state index in [4.69, 9.17) is 9.47 Å². The number of esters is 1. The monoisotopic (exact) mass is 473 g/mol. The molecule has 1 saturated heterocycles. The van der Waals surface area contributed by atoms with Gasteiger partial charge in [0.15, 0.2) is 17.0 Å². The summed E-state index contributed by atoms with van der Waals surface area (Å²) in [5, 5.41) is 8.62. The van der Waals surface area contributed by atoms with Crippen molar-refractivity contribution in [3.63, 3.8) is 0 Å². The van der Waals surface area contributed by atoms with Crippen molar-refractivity contribution < 1.29 is 19.1 Å². The predicted molar refractivity (Wildman–Crippen MR) is 127 cm³/mol. The standard InChI is InChI=1S/C24H23N7O4/c1-34-17-9-7-16(8-10-17)31-22-20(27-28-31)21(25-15-26-22)29-11-13-30(14-12-29)23(32)18-5-3-4-6-19(18)24(33)35-2/h3-10,15H,11-14H2,1-2H3. The van der Waals surface area contributed by atoms with Crippen molar-refractivity contribution in [1.29, 1.82) is 0 Å². The predicted octanol–water partition coefficient (Wildman–Crippen LogP) is 1.97. The molecule has 0 radical (unpaired) electrons. The van der Waals surface area contributed by atoms with Crippen molar-refractivity contribution in [1.82, 2.24) is 29.9 Å². The molecule has 0 atom stereocenters. The summed E-state index contributed by atoms with van der Waals surface area (Å²) >= 11 is 0. The number of anilines is 1. The number of rotatable bonds is 5. The van der Waals surface area contributed by atoms with Crippen LogP contribution in [0.25, 0.3) is 16.9 Å². The second-order valence-corrected chi connectivity index (χ2v) is 7.89. The Morgan fingerprint density at radius 2 is 1.60 bits per heavy atom. The maximum Gasteiger partial charge on any atom is 0.338 e. The molecule has 1 amide bonds. The van der Waals surface area contributed by atoms with Crippen LogP contribution in [0.1, 0.15) is 20.7 Å². The van der Waals surface area contributed by atoms with Crippen molar-refractivity contribution in [2.45, 2.75) is 0 Å². The number of carbonyl (C=O) groups is 2. The van der Waals surface area contributed by atoms with Gasteiger partial charge in [-0.2, -0.15) is 4.68 Å². The van der Waals surface area contributed by atoms with Gasteiger partial charge < -0.3 is 19.3 Å². The number of benzene rings is 2. The van der Waals surface area contributed by atoms with Crippen LogP contribution in [0, 0.1) is 0 Å². The Bertz CT molecular complexity index is 1380. The summed E-state index contributed by atoms with van der Waals surface area (Å²) in [6.45, 7) is 2.03. The zero-order chi connectivity index (χ0) is 24.4. The summed E-state index contributed by atoms with van der Waals surface area (Å²) in [7, 11) is 2.92. The molecule has 0 bridgehead atoms. The lowest BCUT2D eigenvalue weighted by Gasteiger charge is -2.35. The summed E-state index contributed by atoms with van der Waals surface area (Å²) in [4.78, 5) is 37.9. The molecule has 0 spiro atoms. The van der Waals surface area contributed by atoms with Crippen LogP contribution < -0.4 is 9.64 Å². The minimum absolute atomic E-state index is 0.205. The number of methoxy groups -OCH3 is 2. The topological polar surface area (TPSA) is 116 Å². The third-order valence-electron chi connectivity index (χ3n) is 5.96. The van der Waals surface area contributed by atoms with E-state index in [2.05, 4.69) is 25.2 Å². The lowest BCUT2D eigenvalue weighted by atomic mass is 10.1. The van der Waals surface area contributed by atoms with Crippen molar-refractivity contribution in [3.8, 4) is 11.4 Å². The molecule has 2 aromatic heterocycles. The van der Waals surface area contributed by atoms with Gasteiger partial charge >= 0.3 is 5.97 Å². The first-order valence-corrected chi connectivity index (χ1v) is 11.0. The summed E-state index contributed by atoms with van der Waals surface area (Å²) in [5.41, 5.74) is 2.57. The number of nitrogens with zero attached hydrogens (tertiary/aromatic N) is 7. The zero-order valence-corrected chi connectivity index (χ0v) is 19.3. The van der Waals surface area contributed by atoms with Crippen LogP contribution in [-0.4, -0.2) is 82.1 Å². The minimum Gasteiger partial charge on any atom is -0.497 e. The first-order chi connectivity index (χ1) is 17.1. The van der Waals surface area contributed by atoms with Gasteiger partial charge in [-0.1, -0.05) is 17.3 Å². The van der Waals surface area contributed by atoms with E-state index in [9.17, 15) is 9.59 Å². The second-order valence-electron chi connectivity index (χ2n) is 7.89. The fourth-order valence-corrected chi connectivity index (χ4v) is 4.11. The normalized spacial score (nSPS) is 13.7. The Labute approximate surface area is 200 Å². The van der Waals surface area contributed by atoms with Gasteiger partial charge in [0.25, 0.3) is 5.91 Å². The van der Waals surface area contributed by atoms with E-state index in [1.54, 1.807) is 41.0 Å². The molecule has 2 aromatic carbocycles. The van der Waals surface area contributed by atoms with Crippen molar-refractivity contribution >= 4 is 28.9 Å². The van der Waals surface area contributed by atoms with E-state index in [0.29, 0.717) is 48.7 Å². The molecule has 4 aromatic rings. The molecule has 35 heavy (non-hydrogen) atoms. The van der Waals surface area contributed by atoms with Crippen LogP contribution in [0.5, 0.6) is 5.75 Å². The van der Waals surface area contributed by atoms with Crippen LogP contribution >= 0.6 is 0 Å². The molecule has 3 heterocycles. The van der Waals surface area contributed by atoms with Crippen molar-refractivity contribution in [2.75, 3.05) is 45.3 Å². The Morgan fingerprint density at radius 3 is 2.29 bits per heavy atom. The number of piperazine rings is 1. The largest absolute Gasteiger partial charge is 0.497 e. The van der Waals surface area contributed by atoms with Crippen LogP contribution in [-0.2, 0) is 4.74 Å². The van der Waals surface area contributed by atoms with Gasteiger partial charge in [0.2, 0.25) is 0 Å². The van der Waals surface area contributed by atoms with Gasteiger partial charge in [-0.25, -0.2) is 14.8 Å². The quantitative estimate of drug-likeness (QED) is 0.401. The molecule has 0 aliphatic carbocycles. The van der Waals surface area contributed by atoms with E-state index >= 15 is 0 Å². The maximum absolute atomic E-state index is 13.1. The van der Waals surface area contributed by atoms with Crippen LogP contribution in [0.2, 0.25) is 0 Å². The van der Waals surface area contributed by atoms with Gasteiger partial charge in [-0.05, 0) is 36.4 Å². The smallest absolute Gasteiger partial charge is 0.338 e. The molecule has 1 aliphatic rings. The summed E-state index contributed by atoms with van der Waals surface area (Å²) in [6, 6.07) is 14.1. The third kappa shape index (κ3) is 4.12. The first-order valence-electron chi connectivity index (χ1n) is 11.0. The molecule has 178 valence electrons. The fraction of sp³-hybridized carbons (Fsp3) is 0.250. The van der Waals surface area contributed by atoms with E-state index in [-0.39, 0.29) is 11.5 Å². The van der Waals surface area contributed by atoms with Gasteiger partial charge in [-0.15, -0.1) is 5.10 Å². The molecule has 0 unspecified atom stereocenters. The van der Waals surface area contributed by atoms with E-state index in [1.165, 1.54) is 13.4 Å². The maximum atomic E-state index is 13.1. The highest BCUT2D eigenvalue weighted by molar-refractivity contribution is 6.05. The zero-order valence-electron chi connectivity index (χ0n) is 19.3. The van der Waals surface area contributed by atoms with Crippen LogP contribution in [0.15, 0.2) is 54.9 Å². The number of carbonyl (C=O) groups excluding carboxylic acids is 2. The van der Waals surface area contributed by atoms with Crippen LogP contribution in [0.4, 0.5) is 5.82 Å². The number of hydrogen-bond acceptors (Lipinski definition) is 9. The summed E-state index contributed by atoms with van der Waals surface area (Å²) in [5.74, 6) is 0.673. The lowest BCUT2D eigenvalue weighted by Crippen LogP contribution is -2.49. The molecule has 0 N–H and O–H groups in total. The summed E-state index contributed by atoms with van der Waals surface area (Å²) < 4.78 is 11.7.